The van der Waals surface area contributed by atoms with Gasteiger partial charge in [-0.25, -0.2) is 43.1 Å². The average Bonchev–Trinajstić information content (AvgIpc) is 3.87. The Kier molecular flexibility index (Phi) is 24.1. The summed E-state index contributed by atoms with van der Waals surface area (Å²) in [6.07, 6.45) is -5.04. The van der Waals surface area contributed by atoms with Crippen molar-refractivity contribution in [3.05, 3.63) is 42.5 Å². The zero-order valence-corrected chi connectivity index (χ0v) is 43.9. The third-order valence-electron chi connectivity index (χ3n) is 10.7. The Bertz CT molecular complexity index is 2720. The van der Waals surface area contributed by atoms with Gasteiger partial charge < -0.3 is 76.5 Å². The number of anilines is 1. The Morgan fingerprint density at radius 1 is 0.776 bits per heavy atom. The zero-order valence-electron chi connectivity index (χ0n) is 40.4. The van der Waals surface area contributed by atoms with Crippen molar-refractivity contribution in [2.45, 2.75) is 101 Å². The van der Waals surface area contributed by atoms with Crippen molar-refractivity contribution >= 4 is 83.8 Å². The minimum absolute atomic E-state index is 0.0294. The van der Waals surface area contributed by atoms with Gasteiger partial charge in [0, 0.05) is 12.8 Å². The van der Waals surface area contributed by atoms with Gasteiger partial charge in [-0.15, -0.1) is 0 Å². The molecule has 12 atom stereocenters. The summed E-state index contributed by atoms with van der Waals surface area (Å²) in [5, 5.41) is 59.8. The molecule has 39 heteroatoms. The largest absolute Gasteiger partial charge is 0.524 e. The number of phosphoric acid groups is 3. The lowest BCUT2D eigenvalue weighted by atomic mass is 9.98. The van der Waals surface area contributed by atoms with E-state index in [0.29, 0.717) is 12.0 Å². The maximum absolute atomic E-state index is 13.2. The normalized spacial score (nSPS) is 20.9. The van der Waals surface area contributed by atoms with Crippen LogP contribution in [0.3, 0.4) is 0 Å². The summed E-state index contributed by atoms with van der Waals surface area (Å²) < 4.78 is 69.3. The molecule has 35 nitrogen and oxygen atoms in total. The van der Waals surface area contributed by atoms with Crippen molar-refractivity contribution < 1.29 is 119 Å². The first-order valence-corrected chi connectivity index (χ1v) is 28.1. The Balaban J connectivity index is 0.000000419. The highest BCUT2D eigenvalue weighted by atomic mass is 31.3. The molecule has 3 heterocycles. The number of carboxylic acids is 3. The summed E-state index contributed by atoms with van der Waals surface area (Å²) in [6, 6.07) is 0.177. The van der Waals surface area contributed by atoms with Crippen LogP contribution in [-0.2, 0) is 71.3 Å². The van der Waals surface area contributed by atoms with E-state index in [1.54, 1.807) is 18.9 Å². The second kappa shape index (κ2) is 28.3. The van der Waals surface area contributed by atoms with Crippen LogP contribution >= 0.6 is 31.2 Å². The molecule has 0 saturated carbocycles. The van der Waals surface area contributed by atoms with Crippen LogP contribution in [0.15, 0.2) is 36.9 Å². The molecule has 0 spiro atoms. The first-order valence-electron chi connectivity index (χ1n) is 22.0. The fraction of sp³-hybridized carbons (Fsp3) is 0.541. The van der Waals surface area contributed by atoms with Gasteiger partial charge in [-0.05, 0) is 57.0 Å². The van der Waals surface area contributed by atoms with Gasteiger partial charge in [0.05, 0.1) is 19.0 Å². The number of rotatable bonds is 29. The van der Waals surface area contributed by atoms with Crippen LogP contribution < -0.4 is 36.6 Å². The molecule has 17 N–H and O–H groups in total. The van der Waals surface area contributed by atoms with E-state index in [1.165, 1.54) is 42.2 Å². The number of fused-ring (bicyclic) bond motifs is 1. The number of nitrogens with one attached hydrogen (secondary N) is 5. The summed E-state index contributed by atoms with van der Waals surface area (Å²) >= 11 is 0. The highest BCUT2D eigenvalue weighted by molar-refractivity contribution is 7.67. The number of carboxylic acid groups (broad SMARTS) is 3. The number of amides is 3. The van der Waals surface area contributed by atoms with Crippen LogP contribution in [0.1, 0.15) is 57.7 Å². The first-order chi connectivity index (χ1) is 35.2. The van der Waals surface area contributed by atoms with Crippen LogP contribution in [0.4, 0.5) is 5.82 Å². The Hall–Kier alpha value is -5.41. The summed E-state index contributed by atoms with van der Waals surface area (Å²) in [5.41, 5.74) is 6.59. The monoisotopic (exact) mass is 1170 g/mol. The predicted octanol–water partition coefficient (Wildman–Crippen LogP) is -1.80. The number of nitrogen functional groups attached to an aromatic ring is 1. The number of carbonyl (C=O) groups is 6. The van der Waals surface area contributed by atoms with E-state index in [4.69, 9.17) is 35.4 Å². The van der Waals surface area contributed by atoms with Gasteiger partial charge in [0.15, 0.2) is 17.7 Å². The molecule has 1 saturated heterocycles. The second-order valence-electron chi connectivity index (χ2n) is 16.2. The van der Waals surface area contributed by atoms with E-state index < -0.39 is 154 Å². The lowest BCUT2D eigenvalue weighted by Crippen LogP contribution is -2.58. The number of aromatic nitrogens is 4. The number of imidazole rings is 1. The lowest BCUT2D eigenvalue weighted by molar-refractivity contribution is -0.144. The molecular formula is C37H58N10O25P4. The molecule has 0 bridgehead atoms. The molecular weight excluding hydrogens is 1110 g/mol. The van der Waals surface area contributed by atoms with E-state index in [1.807, 2.05) is 0 Å². The number of carbonyl (C=O) groups excluding carboxylic acids is 3. The van der Waals surface area contributed by atoms with E-state index in [2.05, 4.69) is 53.9 Å². The maximum Gasteiger partial charge on any atom is 0.524 e. The molecule has 5 unspecified atom stereocenters. The summed E-state index contributed by atoms with van der Waals surface area (Å²) in [6.45, 7) is 2.39. The molecule has 3 aromatic rings. The molecule has 3 amide bonds. The fourth-order valence-electron chi connectivity index (χ4n) is 6.61. The zero-order chi connectivity index (χ0) is 57.5. The number of likely N-dealkylation sites (N-methyl/N-ethyl adjacent to an activating group) is 1. The number of aliphatic hydroxyl groups is 2. The summed E-state index contributed by atoms with van der Waals surface area (Å²) in [7, 11) is -18.1. The maximum atomic E-state index is 13.2. The number of aliphatic hydroxyl groups excluding tert-OH is 2. The fourth-order valence-corrected chi connectivity index (χ4v) is 10.4. The van der Waals surface area contributed by atoms with E-state index in [0.717, 1.165) is 13.4 Å². The van der Waals surface area contributed by atoms with Gasteiger partial charge in [-0.2, -0.15) is 8.62 Å². The van der Waals surface area contributed by atoms with E-state index in [-0.39, 0.29) is 29.2 Å². The minimum Gasteiger partial charge on any atom is -0.481 e. The van der Waals surface area contributed by atoms with Crippen LogP contribution in [-0.4, -0.2) is 168 Å². The van der Waals surface area contributed by atoms with Gasteiger partial charge in [-0.3, -0.25) is 42.9 Å². The molecule has 426 valence electrons. The highest BCUT2D eigenvalue weighted by Crippen LogP contribution is 2.66. The average molecular weight is 1170 g/mol. The van der Waals surface area contributed by atoms with E-state index in [9.17, 15) is 72.1 Å². The van der Waals surface area contributed by atoms with Gasteiger partial charge in [0.2, 0.25) is 17.7 Å². The van der Waals surface area contributed by atoms with Crippen LogP contribution in [0.25, 0.3) is 11.2 Å². The number of ether oxygens (including phenoxy) is 1. The molecule has 0 aliphatic carbocycles. The van der Waals surface area contributed by atoms with Crippen molar-refractivity contribution in [3.63, 3.8) is 0 Å². The van der Waals surface area contributed by atoms with Crippen molar-refractivity contribution in [2.75, 3.05) is 26.4 Å². The van der Waals surface area contributed by atoms with Crippen LogP contribution in [0.5, 0.6) is 5.75 Å². The highest BCUT2D eigenvalue weighted by Gasteiger charge is 2.47. The molecule has 0 radical (unpaired) electrons. The van der Waals surface area contributed by atoms with Gasteiger partial charge in [0.1, 0.15) is 54.0 Å². The lowest BCUT2D eigenvalue weighted by Gasteiger charge is -2.26. The number of phosphoric ester groups is 2. The second-order valence-corrected chi connectivity index (χ2v) is 22.3. The number of benzene rings is 1. The number of nitrogens with two attached hydrogens (primary N) is 1. The van der Waals surface area contributed by atoms with Gasteiger partial charge >= 0.3 is 49.1 Å². The van der Waals surface area contributed by atoms with E-state index >= 15 is 0 Å². The van der Waals surface area contributed by atoms with Gasteiger partial charge in [0.25, 0.3) is 0 Å². The molecule has 2 aromatic heterocycles. The third-order valence-corrected chi connectivity index (χ3v) is 15.5. The quantitative estimate of drug-likeness (QED) is 0.0341. The third kappa shape index (κ3) is 20.5. The standard InChI is InChI=1S/C26H39N4O13P.C11H19N6O12P3/c1-4-14(2)22(26(38)39)30-24(36)18(10-12-21(33)34)28-23(35)17(9-11-20(31)32)29-25(37)19(27-3)13-15-5-7-16(8-6-15)43-44(40,41)42;1-13-30(20,21)28-32(24,25)29-31(22,23)26-2-5-7(18)8(19)11(27-5)17-4-16-6-9(12)14-3-15-10(6)17/h5-8,14,17-19,22,27H,4,9-13H2,1-3H3,(H,28,35)(H,29,37)(H,30,36)(H,31,32)(H,33,34)(H,38,39)(H2,40,41,42);3-5,7-8,11,18-19H,2H2,1H3,(H,22,23)(H,24,25)(H2,12,14,15)(H2,13,20,21)/t14?,17-,18-,19-,22-;5-,7+,8?,11-/m01/s1. The number of nitrogens with zero attached hydrogens (tertiary/aromatic N) is 4. The van der Waals surface area contributed by atoms with Crippen LogP contribution in [0, 0.1) is 5.92 Å². The Morgan fingerprint density at radius 2 is 1.33 bits per heavy atom. The smallest absolute Gasteiger partial charge is 0.481 e. The molecule has 1 aliphatic heterocycles. The molecule has 4 rings (SSSR count). The molecule has 1 fully saturated rings. The van der Waals surface area contributed by atoms with Crippen molar-refractivity contribution in [1.29, 1.82) is 0 Å². The number of hydrogen-bond acceptors (Lipinski definition) is 22. The molecule has 1 aliphatic rings. The predicted molar refractivity (Wildman–Crippen MR) is 255 cm³/mol. The number of aliphatic carboxylic acids is 3. The van der Waals surface area contributed by atoms with Gasteiger partial charge in [-0.1, -0.05) is 32.4 Å². The number of hydrogen-bond donors (Lipinski definition) is 16. The van der Waals surface area contributed by atoms with Crippen LogP contribution in [0.2, 0.25) is 0 Å². The minimum atomic E-state index is -5.53. The Morgan fingerprint density at radius 3 is 1.83 bits per heavy atom. The van der Waals surface area contributed by atoms with Crippen molar-refractivity contribution in [3.8, 4) is 5.75 Å². The SMILES string of the molecule is CCC(C)[C@H](NC(=O)[C@H](CCC(=O)O)NC(=O)[C@H](CCC(=O)O)NC(=O)[C@H](Cc1ccc(OP(=O)(O)O)cc1)NC)C(=O)O.CNP(=O)(O)OP(=O)(O)OP(=O)(O)OC[C@H]1O[C@@H](n2cnc3c(N)ncnc32)C(O)[C@H]1O. The van der Waals surface area contributed by atoms with Crippen molar-refractivity contribution in [1.82, 2.24) is 45.9 Å². The summed E-state index contributed by atoms with van der Waals surface area (Å²) in [4.78, 5) is 131. The summed E-state index contributed by atoms with van der Waals surface area (Å²) in [5.74, 6) is -7.14. The first kappa shape index (κ1) is 64.9. The molecule has 1 aromatic carbocycles. The van der Waals surface area contributed by atoms with Crippen molar-refractivity contribution in [2.24, 2.45) is 5.92 Å². The molecule has 76 heavy (non-hydrogen) atoms. The topological polar surface area (TPSA) is 549 Å². The Labute approximate surface area is 429 Å².